The Morgan fingerprint density at radius 1 is 1.58 bits per heavy atom. The van der Waals surface area contributed by atoms with E-state index in [1.165, 1.54) is 0 Å². The van der Waals surface area contributed by atoms with Crippen molar-refractivity contribution in [2.24, 2.45) is 0 Å². The lowest BCUT2D eigenvalue weighted by atomic mass is 10.1. The van der Waals surface area contributed by atoms with Gasteiger partial charge in [-0.25, -0.2) is 0 Å². The molecule has 6 heteroatoms. The number of hydrogen-bond acceptors (Lipinski definition) is 4. The number of nitrogens with one attached hydrogen (secondary N) is 3. The quantitative estimate of drug-likeness (QED) is 0.739. The van der Waals surface area contributed by atoms with E-state index in [0.29, 0.717) is 24.9 Å². The number of nitrogens with zero attached hydrogens (tertiary/aromatic N) is 1. The van der Waals surface area contributed by atoms with E-state index in [0.717, 1.165) is 12.2 Å². The van der Waals surface area contributed by atoms with Crippen LogP contribution in [0.5, 0.6) is 0 Å². The van der Waals surface area contributed by atoms with Crippen LogP contribution in [0, 0.1) is 0 Å². The van der Waals surface area contributed by atoms with E-state index in [4.69, 9.17) is 0 Å². The van der Waals surface area contributed by atoms with Gasteiger partial charge in [0.2, 0.25) is 5.91 Å². The van der Waals surface area contributed by atoms with Crippen molar-refractivity contribution in [3.63, 3.8) is 0 Å². The van der Waals surface area contributed by atoms with Gasteiger partial charge in [0, 0.05) is 31.7 Å². The van der Waals surface area contributed by atoms with Gasteiger partial charge in [0.25, 0.3) is 5.91 Å². The molecule has 1 unspecified atom stereocenters. The van der Waals surface area contributed by atoms with Crippen LogP contribution in [0.4, 0.5) is 5.69 Å². The fourth-order valence-electron chi connectivity index (χ4n) is 2.04. The van der Waals surface area contributed by atoms with Crippen molar-refractivity contribution < 1.29 is 9.59 Å². The minimum atomic E-state index is -0.139. The maximum absolute atomic E-state index is 12.2. The maximum Gasteiger partial charge on any atom is 0.253 e. The predicted molar refractivity (Wildman–Crippen MR) is 71.9 cm³/mol. The highest BCUT2D eigenvalue weighted by Gasteiger charge is 2.21. The fourth-order valence-corrected chi connectivity index (χ4v) is 2.04. The second-order valence-corrected chi connectivity index (χ2v) is 4.46. The fraction of sp³-hybridized carbons (Fsp3) is 0.462. The molecule has 6 nitrogen and oxygen atoms in total. The Bertz CT molecular complexity index is 465. The van der Waals surface area contributed by atoms with E-state index < -0.39 is 0 Å². The lowest BCUT2D eigenvalue weighted by Crippen LogP contribution is -2.47. The standard InChI is InChI=1S/C13H18N4O2/c1-2-15-11-8-14-6-5-10(11)13(19)17-9-3-4-12(18)16-7-9/h5-6,8-9,15H,2-4,7H2,1H3,(H,16,18)(H,17,19). The molecule has 2 rings (SSSR count). The Balaban J connectivity index is 2.01. The second kappa shape index (κ2) is 6.17. The molecule has 1 aromatic rings. The highest BCUT2D eigenvalue weighted by molar-refractivity contribution is 5.99. The van der Waals surface area contributed by atoms with Gasteiger partial charge in [-0.05, 0) is 19.4 Å². The minimum absolute atomic E-state index is 0.00663. The predicted octanol–water partition coefficient (Wildman–Crippen LogP) is 0.522. The lowest BCUT2D eigenvalue weighted by molar-refractivity contribution is -0.122. The lowest BCUT2D eigenvalue weighted by Gasteiger charge is -2.23. The van der Waals surface area contributed by atoms with Crippen molar-refractivity contribution in [3.05, 3.63) is 24.0 Å². The number of carbonyl (C=O) groups excluding carboxylic acids is 2. The van der Waals surface area contributed by atoms with Crippen LogP contribution in [0.1, 0.15) is 30.1 Å². The van der Waals surface area contributed by atoms with Gasteiger partial charge < -0.3 is 16.0 Å². The van der Waals surface area contributed by atoms with Crippen molar-refractivity contribution in [1.82, 2.24) is 15.6 Å². The van der Waals surface area contributed by atoms with Gasteiger partial charge in [0.05, 0.1) is 17.4 Å². The Morgan fingerprint density at radius 3 is 3.11 bits per heavy atom. The summed E-state index contributed by atoms with van der Waals surface area (Å²) in [4.78, 5) is 27.3. The summed E-state index contributed by atoms with van der Waals surface area (Å²) in [5.74, 6) is -0.0951. The zero-order valence-electron chi connectivity index (χ0n) is 10.9. The number of carbonyl (C=O) groups is 2. The van der Waals surface area contributed by atoms with Crippen LogP contribution in [0.2, 0.25) is 0 Å². The van der Waals surface area contributed by atoms with Gasteiger partial charge in [-0.2, -0.15) is 0 Å². The average molecular weight is 262 g/mol. The Morgan fingerprint density at radius 2 is 2.42 bits per heavy atom. The SMILES string of the molecule is CCNc1cnccc1C(=O)NC1CCC(=O)NC1. The molecule has 1 saturated heterocycles. The topological polar surface area (TPSA) is 83.1 Å². The largest absolute Gasteiger partial charge is 0.383 e. The first kappa shape index (κ1) is 13.3. The first-order valence-corrected chi connectivity index (χ1v) is 6.46. The molecular formula is C13H18N4O2. The smallest absolute Gasteiger partial charge is 0.253 e. The van der Waals surface area contributed by atoms with E-state index >= 15 is 0 Å². The molecule has 2 heterocycles. The molecule has 0 bridgehead atoms. The van der Waals surface area contributed by atoms with Gasteiger partial charge in [-0.3, -0.25) is 14.6 Å². The molecule has 102 valence electrons. The van der Waals surface area contributed by atoms with Crippen LogP contribution in [-0.2, 0) is 4.79 Å². The van der Waals surface area contributed by atoms with Crippen molar-refractivity contribution in [1.29, 1.82) is 0 Å². The summed E-state index contributed by atoms with van der Waals surface area (Å²) >= 11 is 0. The monoisotopic (exact) mass is 262 g/mol. The molecule has 1 aliphatic heterocycles. The molecule has 0 spiro atoms. The number of piperidine rings is 1. The number of pyridine rings is 1. The summed E-state index contributed by atoms with van der Waals surface area (Å²) < 4.78 is 0. The number of amides is 2. The van der Waals surface area contributed by atoms with Crippen LogP contribution in [0.25, 0.3) is 0 Å². The maximum atomic E-state index is 12.2. The highest BCUT2D eigenvalue weighted by Crippen LogP contribution is 2.14. The molecular weight excluding hydrogens is 244 g/mol. The minimum Gasteiger partial charge on any atom is -0.383 e. The van der Waals surface area contributed by atoms with Gasteiger partial charge in [-0.15, -0.1) is 0 Å². The van der Waals surface area contributed by atoms with Gasteiger partial charge in [0.15, 0.2) is 0 Å². The number of anilines is 1. The Hall–Kier alpha value is -2.11. The molecule has 2 amide bonds. The first-order chi connectivity index (χ1) is 9.20. The van der Waals surface area contributed by atoms with Crippen LogP contribution >= 0.6 is 0 Å². The van der Waals surface area contributed by atoms with Gasteiger partial charge in [0.1, 0.15) is 0 Å². The molecule has 1 aliphatic rings. The van der Waals surface area contributed by atoms with E-state index in [1.54, 1.807) is 18.5 Å². The Kier molecular flexibility index (Phi) is 4.33. The third-order valence-electron chi connectivity index (χ3n) is 3.03. The molecule has 0 radical (unpaired) electrons. The molecule has 1 fully saturated rings. The zero-order chi connectivity index (χ0) is 13.7. The number of aromatic nitrogens is 1. The van der Waals surface area contributed by atoms with Crippen LogP contribution in [0.3, 0.4) is 0 Å². The molecule has 19 heavy (non-hydrogen) atoms. The van der Waals surface area contributed by atoms with Crippen LogP contribution in [-0.4, -0.2) is 35.9 Å². The highest BCUT2D eigenvalue weighted by atomic mass is 16.2. The van der Waals surface area contributed by atoms with E-state index in [9.17, 15) is 9.59 Å². The molecule has 0 saturated carbocycles. The molecule has 1 aromatic heterocycles. The number of rotatable bonds is 4. The van der Waals surface area contributed by atoms with Crippen molar-refractivity contribution in [3.8, 4) is 0 Å². The third-order valence-corrected chi connectivity index (χ3v) is 3.03. The summed E-state index contributed by atoms with van der Waals surface area (Å²) in [7, 11) is 0. The van der Waals surface area contributed by atoms with Gasteiger partial charge in [-0.1, -0.05) is 0 Å². The third kappa shape index (κ3) is 3.43. The van der Waals surface area contributed by atoms with Gasteiger partial charge >= 0.3 is 0 Å². The second-order valence-electron chi connectivity index (χ2n) is 4.46. The normalized spacial score (nSPS) is 18.6. The Labute approximate surface area is 112 Å². The van der Waals surface area contributed by atoms with Crippen molar-refractivity contribution in [2.45, 2.75) is 25.8 Å². The molecule has 1 atom stereocenters. The van der Waals surface area contributed by atoms with Crippen LogP contribution in [0.15, 0.2) is 18.5 Å². The van der Waals surface area contributed by atoms with E-state index in [1.807, 2.05) is 6.92 Å². The summed E-state index contributed by atoms with van der Waals surface area (Å²) in [6.07, 6.45) is 4.38. The summed E-state index contributed by atoms with van der Waals surface area (Å²) in [5, 5.41) is 8.79. The summed E-state index contributed by atoms with van der Waals surface area (Å²) in [6.45, 7) is 3.18. The molecule has 0 aliphatic carbocycles. The van der Waals surface area contributed by atoms with E-state index in [2.05, 4.69) is 20.9 Å². The van der Waals surface area contributed by atoms with E-state index in [-0.39, 0.29) is 17.9 Å². The zero-order valence-corrected chi connectivity index (χ0v) is 10.9. The first-order valence-electron chi connectivity index (χ1n) is 6.46. The summed E-state index contributed by atoms with van der Waals surface area (Å²) in [6, 6.07) is 1.68. The number of hydrogen-bond donors (Lipinski definition) is 3. The molecule has 0 aromatic carbocycles. The average Bonchev–Trinajstić information content (AvgIpc) is 2.42. The van der Waals surface area contributed by atoms with Crippen molar-refractivity contribution in [2.75, 3.05) is 18.4 Å². The van der Waals surface area contributed by atoms with Crippen LogP contribution < -0.4 is 16.0 Å². The molecule has 3 N–H and O–H groups in total. The summed E-state index contributed by atoms with van der Waals surface area (Å²) in [5.41, 5.74) is 1.30. The van der Waals surface area contributed by atoms with Crippen molar-refractivity contribution >= 4 is 17.5 Å².